The van der Waals surface area contributed by atoms with Crippen molar-refractivity contribution in [2.24, 2.45) is 23.2 Å². The van der Waals surface area contributed by atoms with Gasteiger partial charge >= 0.3 is 5.97 Å². The fraction of sp³-hybridized carbons (Fsp3) is 0.696. The monoisotopic (exact) mass is 397 g/mol. The van der Waals surface area contributed by atoms with E-state index in [1.807, 2.05) is 6.07 Å². The molecule has 2 aliphatic heterocycles. The summed E-state index contributed by atoms with van der Waals surface area (Å²) in [4.78, 5) is 25.3. The van der Waals surface area contributed by atoms with E-state index in [2.05, 4.69) is 28.4 Å². The molecule has 0 bridgehead atoms. The Hall–Kier alpha value is -1.95. The first-order valence-electron chi connectivity index (χ1n) is 11.3. The van der Waals surface area contributed by atoms with Crippen LogP contribution in [0.4, 0.5) is 5.95 Å². The number of nitrogens with zero attached hydrogens (tertiary/aromatic N) is 3. The summed E-state index contributed by atoms with van der Waals surface area (Å²) in [5.41, 5.74) is 1.69. The van der Waals surface area contributed by atoms with Gasteiger partial charge in [-0.25, -0.2) is 9.97 Å². The molecule has 6 heteroatoms. The fourth-order valence-electron chi connectivity index (χ4n) is 6.48. The van der Waals surface area contributed by atoms with Gasteiger partial charge in [0.15, 0.2) is 0 Å². The lowest BCUT2D eigenvalue weighted by atomic mass is 9.55. The van der Waals surface area contributed by atoms with Crippen LogP contribution >= 0.6 is 0 Å². The minimum atomic E-state index is 0.0498. The highest BCUT2D eigenvalue weighted by atomic mass is 16.6. The van der Waals surface area contributed by atoms with Gasteiger partial charge in [-0.05, 0) is 49.5 Å². The second kappa shape index (κ2) is 7.38. The van der Waals surface area contributed by atoms with Crippen molar-refractivity contribution in [3.05, 3.63) is 30.6 Å². The molecule has 0 amide bonds. The molecule has 2 aliphatic carbocycles. The summed E-state index contributed by atoms with van der Waals surface area (Å²) in [6.07, 6.45) is 9.48. The molecule has 156 valence electrons. The van der Waals surface area contributed by atoms with Gasteiger partial charge in [0.1, 0.15) is 12.0 Å². The molecule has 4 fully saturated rings. The van der Waals surface area contributed by atoms with E-state index >= 15 is 0 Å². The van der Waals surface area contributed by atoms with Crippen LogP contribution in [-0.4, -0.2) is 54.8 Å². The number of carbonyl (C=O) groups excluding carboxylic acids is 1. The van der Waals surface area contributed by atoms with E-state index in [4.69, 9.17) is 4.74 Å². The molecule has 0 aromatic carbocycles. The van der Waals surface area contributed by atoms with Gasteiger partial charge in [-0.2, -0.15) is 0 Å². The number of nitrogens with one attached hydrogen (secondary N) is 1. The summed E-state index contributed by atoms with van der Waals surface area (Å²) in [6.45, 7) is 11.6. The second-order valence-electron chi connectivity index (χ2n) is 9.89. The Bertz CT molecular complexity index is 776. The van der Waals surface area contributed by atoms with Crippen molar-refractivity contribution in [3.63, 3.8) is 0 Å². The average molecular weight is 398 g/mol. The molecule has 1 N–H and O–H groups in total. The quantitative estimate of drug-likeness (QED) is 0.619. The molecule has 4 aliphatic rings. The third-order valence-electron chi connectivity index (χ3n) is 8.13. The summed E-state index contributed by atoms with van der Waals surface area (Å²) < 4.78 is 5.95. The average Bonchev–Trinajstić information content (AvgIpc) is 3.01. The number of ether oxygens (including phenoxy) is 1. The largest absolute Gasteiger partial charge is 0.462 e. The van der Waals surface area contributed by atoms with Gasteiger partial charge in [-0.1, -0.05) is 19.1 Å². The van der Waals surface area contributed by atoms with Crippen molar-refractivity contribution in [1.82, 2.24) is 9.97 Å². The maximum Gasteiger partial charge on any atom is 0.315 e. The number of anilines is 1. The Morgan fingerprint density at radius 2 is 2.07 bits per heavy atom. The molecule has 2 saturated carbocycles. The first-order chi connectivity index (χ1) is 14.0. The zero-order valence-corrected chi connectivity index (χ0v) is 17.5. The molecule has 0 unspecified atom stereocenters. The Kier molecular flexibility index (Phi) is 4.85. The van der Waals surface area contributed by atoms with Crippen molar-refractivity contribution >= 4 is 11.9 Å². The van der Waals surface area contributed by atoms with Gasteiger partial charge in [0.05, 0.1) is 32.7 Å². The SMILES string of the molecule is C=C1CCC[C@]2(C)C[C@H]3OC(=O)[C@H](C[NH+]4CCN(c5ncccn5)CC4)[C@H]3C[C@H]12. The minimum Gasteiger partial charge on any atom is -0.462 e. The van der Waals surface area contributed by atoms with E-state index < -0.39 is 0 Å². The molecule has 6 nitrogen and oxygen atoms in total. The van der Waals surface area contributed by atoms with Crippen LogP contribution < -0.4 is 9.80 Å². The summed E-state index contributed by atoms with van der Waals surface area (Å²) in [5.74, 6) is 1.85. The van der Waals surface area contributed by atoms with Crippen molar-refractivity contribution in [3.8, 4) is 0 Å². The molecule has 5 rings (SSSR count). The van der Waals surface area contributed by atoms with Gasteiger partial charge in [-0.3, -0.25) is 4.79 Å². The second-order valence-corrected chi connectivity index (χ2v) is 9.89. The number of piperazine rings is 1. The standard InChI is InChI=1S/C23H32N4O2/c1-16-5-3-6-23(2)14-20-17(13-19(16)23)18(21(28)29-20)15-26-9-11-27(12-10-26)22-24-7-4-8-25-22/h4,7-8,17-20H,1,3,5-6,9-15H2,2H3/p+1/t17-,18-,19-,20-,23-/m1/s1. The number of hydrogen-bond acceptors (Lipinski definition) is 5. The number of esters is 1. The van der Waals surface area contributed by atoms with E-state index in [0.29, 0.717) is 11.8 Å². The topological polar surface area (TPSA) is 59.8 Å². The molecule has 29 heavy (non-hydrogen) atoms. The van der Waals surface area contributed by atoms with Gasteiger partial charge < -0.3 is 14.5 Å². The van der Waals surface area contributed by atoms with E-state index in [1.54, 1.807) is 12.4 Å². The first-order valence-corrected chi connectivity index (χ1v) is 11.3. The lowest BCUT2D eigenvalue weighted by Gasteiger charge is -2.50. The zero-order chi connectivity index (χ0) is 20.0. The first kappa shape index (κ1) is 19.0. The number of aromatic nitrogens is 2. The van der Waals surface area contributed by atoms with Gasteiger partial charge in [0, 0.05) is 18.3 Å². The van der Waals surface area contributed by atoms with Crippen molar-refractivity contribution in [2.75, 3.05) is 37.6 Å². The Balaban J connectivity index is 1.23. The number of allylic oxidation sites excluding steroid dienone is 1. The normalized spacial score (nSPS) is 37.8. The molecule has 1 aromatic rings. The molecule has 0 radical (unpaired) electrons. The predicted molar refractivity (Wildman–Crippen MR) is 110 cm³/mol. The Morgan fingerprint density at radius 1 is 1.31 bits per heavy atom. The molecule has 1 aromatic heterocycles. The summed E-state index contributed by atoms with van der Waals surface area (Å²) in [5, 5.41) is 0. The highest BCUT2D eigenvalue weighted by Crippen LogP contribution is 2.56. The van der Waals surface area contributed by atoms with Crippen LogP contribution in [0.5, 0.6) is 0 Å². The fourth-order valence-corrected chi connectivity index (χ4v) is 6.48. The van der Waals surface area contributed by atoms with Crippen LogP contribution in [-0.2, 0) is 9.53 Å². The number of quaternary nitrogens is 1. The predicted octanol–water partition coefficient (Wildman–Crippen LogP) is 1.50. The smallest absolute Gasteiger partial charge is 0.315 e. The van der Waals surface area contributed by atoms with Crippen molar-refractivity contribution < 1.29 is 14.4 Å². The van der Waals surface area contributed by atoms with Crippen LogP contribution in [0.15, 0.2) is 30.6 Å². The Morgan fingerprint density at radius 3 is 2.83 bits per heavy atom. The molecule has 2 saturated heterocycles. The summed E-state index contributed by atoms with van der Waals surface area (Å²) >= 11 is 0. The van der Waals surface area contributed by atoms with Crippen LogP contribution in [0.3, 0.4) is 0 Å². The van der Waals surface area contributed by atoms with Crippen LogP contribution in [0.1, 0.15) is 39.0 Å². The van der Waals surface area contributed by atoms with Gasteiger partial charge in [-0.15, -0.1) is 0 Å². The third-order valence-corrected chi connectivity index (χ3v) is 8.13. The maximum atomic E-state index is 12.8. The third kappa shape index (κ3) is 3.45. The number of carbonyl (C=O) groups is 1. The minimum absolute atomic E-state index is 0.0498. The van der Waals surface area contributed by atoms with E-state index in [1.165, 1.54) is 23.3 Å². The number of rotatable bonds is 3. The maximum absolute atomic E-state index is 12.8. The van der Waals surface area contributed by atoms with Crippen molar-refractivity contribution in [1.29, 1.82) is 0 Å². The lowest BCUT2D eigenvalue weighted by Crippen LogP contribution is -3.15. The lowest BCUT2D eigenvalue weighted by molar-refractivity contribution is -0.903. The number of hydrogen-bond donors (Lipinski definition) is 1. The van der Waals surface area contributed by atoms with Crippen LogP contribution in [0.25, 0.3) is 0 Å². The zero-order valence-electron chi connectivity index (χ0n) is 17.5. The van der Waals surface area contributed by atoms with E-state index in [0.717, 1.165) is 57.9 Å². The van der Waals surface area contributed by atoms with Crippen molar-refractivity contribution in [2.45, 2.75) is 45.1 Å². The Labute approximate surface area is 173 Å². The van der Waals surface area contributed by atoms with Crippen LogP contribution in [0.2, 0.25) is 0 Å². The molecule has 5 atom stereocenters. The molecular weight excluding hydrogens is 364 g/mol. The number of fused-ring (bicyclic) bond motifs is 2. The molecule has 0 spiro atoms. The van der Waals surface area contributed by atoms with E-state index in [-0.39, 0.29) is 23.4 Å². The van der Waals surface area contributed by atoms with Gasteiger partial charge in [0.2, 0.25) is 5.95 Å². The van der Waals surface area contributed by atoms with Crippen LogP contribution in [0, 0.1) is 23.2 Å². The highest BCUT2D eigenvalue weighted by Gasteiger charge is 2.56. The summed E-state index contributed by atoms with van der Waals surface area (Å²) in [6, 6.07) is 1.85. The highest BCUT2D eigenvalue weighted by molar-refractivity contribution is 5.75. The molecular formula is C23H33N4O2+. The van der Waals surface area contributed by atoms with Gasteiger partial charge in [0.25, 0.3) is 0 Å². The molecule has 3 heterocycles. The van der Waals surface area contributed by atoms with E-state index in [9.17, 15) is 4.79 Å². The summed E-state index contributed by atoms with van der Waals surface area (Å²) in [7, 11) is 0.